The first-order chi connectivity index (χ1) is 10.2. The van der Waals surface area contributed by atoms with Gasteiger partial charge >= 0.3 is 0 Å². The van der Waals surface area contributed by atoms with Crippen LogP contribution >= 0.6 is 0 Å². The maximum absolute atomic E-state index is 9.09. The van der Waals surface area contributed by atoms with Crippen molar-refractivity contribution >= 4 is 0 Å². The summed E-state index contributed by atoms with van der Waals surface area (Å²) in [6.45, 7) is 4.05. The second kappa shape index (κ2) is 6.70. The Hall–Kier alpha value is -2.21. The molecule has 22 heavy (non-hydrogen) atoms. The molecule has 4 heteroatoms. The Morgan fingerprint density at radius 1 is 1.09 bits per heavy atom. The summed E-state index contributed by atoms with van der Waals surface area (Å²) in [6.07, 6.45) is 0. The first-order valence-electron chi connectivity index (χ1n) is 6.65. The zero-order valence-electron chi connectivity index (χ0n) is 12.2. The predicted octanol–water partition coefficient (Wildman–Crippen LogP) is 4.29. The largest absolute Gasteiger partial charge is 0.439 e. The van der Waals surface area contributed by atoms with E-state index < -0.39 is 0 Å². The van der Waals surface area contributed by atoms with Gasteiger partial charge in [-0.25, -0.2) is 0 Å². The molecule has 0 spiro atoms. The standard InChI is InChI=1S/C18H13N2O.Ir/c1-12-7-6-8-13(2)16(12)18-17(20-15(11-19)21-18)14-9-4-3-5-10-14;/h3-9H,1-2H3;/q-1;. The van der Waals surface area contributed by atoms with Gasteiger partial charge in [0.15, 0.2) is 6.07 Å². The van der Waals surface area contributed by atoms with Crippen LogP contribution in [0.4, 0.5) is 0 Å². The smallest absolute Gasteiger partial charge is 0.291 e. The van der Waals surface area contributed by atoms with Crippen molar-refractivity contribution in [2.24, 2.45) is 0 Å². The summed E-state index contributed by atoms with van der Waals surface area (Å²) in [6, 6.07) is 18.7. The van der Waals surface area contributed by atoms with Crippen LogP contribution in [0.2, 0.25) is 0 Å². The number of oxazole rings is 1. The minimum absolute atomic E-state index is 0. The minimum Gasteiger partial charge on any atom is -0.439 e. The molecule has 3 rings (SSSR count). The van der Waals surface area contributed by atoms with E-state index in [0.29, 0.717) is 11.5 Å². The van der Waals surface area contributed by atoms with Gasteiger partial charge in [-0.2, -0.15) is 5.26 Å². The van der Waals surface area contributed by atoms with Crippen molar-refractivity contribution in [3.63, 3.8) is 0 Å². The predicted molar refractivity (Wildman–Crippen MR) is 80.4 cm³/mol. The molecule has 111 valence electrons. The van der Waals surface area contributed by atoms with Crippen LogP contribution in [-0.4, -0.2) is 4.98 Å². The maximum Gasteiger partial charge on any atom is 0.291 e. The molecule has 0 atom stereocenters. The van der Waals surface area contributed by atoms with Crippen molar-refractivity contribution < 1.29 is 24.5 Å². The van der Waals surface area contributed by atoms with E-state index in [1.54, 1.807) is 0 Å². The molecule has 1 radical (unpaired) electrons. The normalized spacial score (nSPS) is 9.86. The van der Waals surface area contributed by atoms with E-state index in [-0.39, 0.29) is 26.0 Å². The maximum atomic E-state index is 9.09. The third-order valence-electron chi connectivity index (χ3n) is 3.40. The van der Waals surface area contributed by atoms with Crippen LogP contribution in [0.3, 0.4) is 0 Å². The van der Waals surface area contributed by atoms with Gasteiger partial charge in [0.1, 0.15) is 5.76 Å². The fraction of sp³-hybridized carbons (Fsp3) is 0.111. The molecule has 1 aromatic heterocycles. The molecule has 3 nitrogen and oxygen atoms in total. The number of hydrogen-bond acceptors (Lipinski definition) is 3. The summed E-state index contributed by atoms with van der Waals surface area (Å²) in [7, 11) is 0. The van der Waals surface area contributed by atoms with Crippen LogP contribution in [0.1, 0.15) is 17.0 Å². The topological polar surface area (TPSA) is 49.8 Å². The van der Waals surface area contributed by atoms with Crippen LogP contribution in [0.15, 0.2) is 46.9 Å². The number of rotatable bonds is 2. The molecule has 1 heterocycles. The van der Waals surface area contributed by atoms with E-state index >= 15 is 0 Å². The molecule has 0 aliphatic rings. The number of aromatic nitrogens is 1. The molecule has 0 aliphatic heterocycles. The van der Waals surface area contributed by atoms with Crippen LogP contribution < -0.4 is 0 Å². The van der Waals surface area contributed by atoms with Crippen LogP contribution in [-0.2, 0) is 20.1 Å². The number of nitrogens with zero attached hydrogens (tertiary/aromatic N) is 2. The molecule has 0 saturated carbocycles. The third kappa shape index (κ3) is 2.87. The molecule has 2 aromatic carbocycles. The first kappa shape index (κ1) is 16.2. The van der Waals surface area contributed by atoms with E-state index in [4.69, 9.17) is 9.68 Å². The fourth-order valence-corrected chi connectivity index (χ4v) is 2.43. The van der Waals surface area contributed by atoms with Crippen molar-refractivity contribution in [3.8, 4) is 28.7 Å². The Balaban J connectivity index is 0.00000176. The second-order valence-electron chi connectivity index (χ2n) is 4.85. The fourth-order valence-electron chi connectivity index (χ4n) is 2.43. The van der Waals surface area contributed by atoms with Gasteiger partial charge in [0.05, 0.1) is 0 Å². The van der Waals surface area contributed by atoms with Crippen molar-refractivity contribution in [2.45, 2.75) is 13.8 Å². The molecular weight excluding hydrogens is 452 g/mol. The molecular formula is C18H13IrN2O-. The van der Waals surface area contributed by atoms with Gasteiger partial charge in [-0.3, -0.25) is 4.98 Å². The van der Waals surface area contributed by atoms with Crippen LogP contribution in [0.5, 0.6) is 0 Å². The van der Waals surface area contributed by atoms with Crippen molar-refractivity contribution in [1.29, 1.82) is 5.26 Å². The van der Waals surface area contributed by atoms with E-state index in [1.807, 2.05) is 62.4 Å². The molecule has 3 aromatic rings. The van der Waals surface area contributed by atoms with E-state index in [0.717, 1.165) is 22.3 Å². The van der Waals surface area contributed by atoms with Gasteiger partial charge in [-0.05, 0) is 25.0 Å². The molecule has 0 amide bonds. The molecule has 0 aliphatic carbocycles. The zero-order chi connectivity index (χ0) is 14.8. The average Bonchev–Trinajstić information content (AvgIpc) is 2.92. The van der Waals surface area contributed by atoms with Crippen molar-refractivity contribution in [3.05, 3.63) is 65.5 Å². The van der Waals surface area contributed by atoms with Gasteiger partial charge in [0.25, 0.3) is 5.89 Å². The van der Waals surface area contributed by atoms with E-state index in [1.165, 1.54) is 0 Å². The Morgan fingerprint density at radius 2 is 1.82 bits per heavy atom. The quantitative estimate of drug-likeness (QED) is 0.531. The third-order valence-corrected chi connectivity index (χ3v) is 3.40. The van der Waals surface area contributed by atoms with Gasteiger partial charge in [-0.15, -0.1) is 35.9 Å². The van der Waals surface area contributed by atoms with Crippen LogP contribution in [0.25, 0.3) is 22.6 Å². The number of aryl methyl sites for hydroxylation is 2. The SMILES string of the molecule is Cc1cccc(C)c1-c1oc(C#N)nc1-c1[c-]cccc1.[Ir]. The van der Waals surface area contributed by atoms with Crippen molar-refractivity contribution in [1.82, 2.24) is 4.98 Å². The Labute approximate surface area is 143 Å². The van der Waals surface area contributed by atoms with E-state index in [9.17, 15) is 0 Å². The Bertz CT molecular complexity index is 812. The van der Waals surface area contributed by atoms with Crippen LogP contribution in [0, 0.1) is 31.2 Å². The summed E-state index contributed by atoms with van der Waals surface area (Å²) in [5, 5.41) is 9.09. The number of hydrogen-bond donors (Lipinski definition) is 0. The summed E-state index contributed by atoms with van der Waals surface area (Å²) < 4.78 is 5.67. The molecule has 0 fully saturated rings. The molecule has 0 saturated heterocycles. The molecule has 0 N–H and O–H groups in total. The van der Waals surface area contributed by atoms with E-state index in [2.05, 4.69) is 11.1 Å². The average molecular weight is 466 g/mol. The molecule has 0 bridgehead atoms. The van der Waals surface area contributed by atoms with Gasteiger partial charge in [0, 0.05) is 31.4 Å². The number of nitriles is 1. The summed E-state index contributed by atoms with van der Waals surface area (Å²) in [5.74, 6) is 0.699. The molecule has 0 unspecified atom stereocenters. The summed E-state index contributed by atoms with van der Waals surface area (Å²) in [4.78, 5) is 4.30. The monoisotopic (exact) mass is 466 g/mol. The summed E-state index contributed by atoms with van der Waals surface area (Å²) >= 11 is 0. The summed E-state index contributed by atoms with van der Waals surface area (Å²) in [5.41, 5.74) is 4.64. The van der Waals surface area contributed by atoms with Gasteiger partial charge in [0.2, 0.25) is 0 Å². The zero-order valence-corrected chi connectivity index (χ0v) is 14.6. The van der Waals surface area contributed by atoms with Gasteiger partial charge < -0.3 is 4.42 Å². The second-order valence-corrected chi connectivity index (χ2v) is 4.85. The first-order valence-corrected chi connectivity index (χ1v) is 6.65. The Kier molecular flexibility index (Phi) is 4.92. The van der Waals surface area contributed by atoms with Crippen molar-refractivity contribution in [2.75, 3.05) is 0 Å². The number of benzene rings is 2. The van der Waals surface area contributed by atoms with Gasteiger partial charge in [-0.1, -0.05) is 18.2 Å². The minimum atomic E-state index is 0. The Morgan fingerprint density at radius 3 is 2.41 bits per heavy atom.